The molecule has 30 heavy (non-hydrogen) atoms. The molecule has 1 amide bonds. The number of hydrogen-bond donors (Lipinski definition) is 0. The molecule has 0 aliphatic carbocycles. The standard InChI is InChI=1S/C15H18F9NO5/c1-11(2,3)30-10(27)25-6-7(5-8(25)9(26)28-4)29-12(13(16,17)18,14(19,20)21)15(22,23)24/h7-8H,5-6H2,1-4H3. The van der Waals surface area contributed by atoms with E-state index in [2.05, 4.69) is 9.47 Å². The molecule has 0 aromatic heterocycles. The van der Waals surface area contributed by atoms with E-state index >= 15 is 0 Å². The van der Waals surface area contributed by atoms with Crippen LogP contribution in [-0.4, -0.2) is 72.5 Å². The molecule has 1 aliphatic rings. The van der Waals surface area contributed by atoms with Gasteiger partial charge in [-0.15, -0.1) is 0 Å². The maximum Gasteiger partial charge on any atom is 0.435 e. The maximum atomic E-state index is 13.1. The first-order valence-electron chi connectivity index (χ1n) is 8.13. The molecule has 1 fully saturated rings. The molecule has 6 nitrogen and oxygen atoms in total. The van der Waals surface area contributed by atoms with Gasteiger partial charge >= 0.3 is 36.2 Å². The molecule has 2 unspecified atom stereocenters. The average molecular weight is 463 g/mol. The number of alkyl halides is 9. The van der Waals surface area contributed by atoms with Crippen molar-refractivity contribution in [1.82, 2.24) is 4.90 Å². The number of amides is 1. The molecule has 176 valence electrons. The van der Waals surface area contributed by atoms with Crippen LogP contribution >= 0.6 is 0 Å². The fourth-order valence-corrected chi connectivity index (χ4v) is 2.70. The second-order valence-corrected chi connectivity index (χ2v) is 7.32. The Bertz CT molecular complexity index is 615. The van der Waals surface area contributed by atoms with E-state index < -0.39 is 66.9 Å². The van der Waals surface area contributed by atoms with Crippen molar-refractivity contribution >= 4 is 12.1 Å². The summed E-state index contributed by atoms with van der Waals surface area (Å²) in [6.07, 6.45) is -25.8. The Balaban J connectivity index is 3.36. The summed E-state index contributed by atoms with van der Waals surface area (Å²) in [6.45, 7) is 2.89. The van der Waals surface area contributed by atoms with Crippen molar-refractivity contribution in [2.75, 3.05) is 13.7 Å². The van der Waals surface area contributed by atoms with E-state index in [9.17, 15) is 49.1 Å². The number of esters is 1. The number of likely N-dealkylation sites (tertiary alicyclic amines) is 1. The second-order valence-electron chi connectivity index (χ2n) is 7.32. The van der Waals surface area contributed by atoms with E-state index in [1.165, 1.54) is 20.8 Å². The molecule has 1 heterocycles. The van der Waals surface area contributed by atoms with Crippen molar-refractivity contribution in [2.45, 2.75) is 69.1 Å². The molecular formula is C15H18F9NO5. The van der Waals surface area contributed by atoms with Gasteiger partial charge in [-0.25, -0.2) is 9.59 Å². The van der Waals surface area contributed by atoms with Crippen LogP contribution in [0, 0.1) is 0 Å². The number of halogens is 9. The van der Waals surface area contributed by atoms with Gasteiger partial charge in [0.15, 0.2) is 0 Å². The molecule has 1 saturated heterocycles. The first-order chi connectivity index (χ1) is 13.2. The van der Waals surface area contributed by atoms with Gasteiger partial charge < -0.3 is 14.2 Å². The number of hydrogen-bond acceptors (Lipinski definition) is 5. The van der Waals surface area contributed by atoms with Crippen LogP contribution in [0.5, 0.6) is 0 Å². The monoisotopic (exact) mass is 463 g/mol. The van der Waals surface area contributed by atoms with Gasteiger partial charge in [0, 0.05) is 6.42 Å². The Morgan fingerprint density at radius 1 is 0.867 bits per heavy atom. The summed E-state index contributed by atoms with van der Waals surface area (Å²) in [4.78, 5) is 24.3. The first-order valence-corrected chi connectivity index (χ1v) is 8.13. The minimum Gasteiger partial charge on any atom is -0.467 e. The quantitative estimate of drug-likeness (QED) is 0.468. The summed E-state index contributed by atoms with van der Waals surface area (Å²) in [6, 6.07) is -1.82. The van der Waals surface area contributed by atoms with Gasteiger partial charge in [-0.1, -0.05) is 0 Å². The van der Waals surface area contributed by atoms with Crippen LogP contribution in [0.4, 0.5) is 44.3 Å². The average Bonchev–Trinajstić information content (AvgIpc) is 2.90. The molecule has 1 aliphatic heterocycles. The highest BCUT2D eigenvalue weighted by atomic mass is 19.4. The zero-order chi connectivity index (χ0) is 23.9. The van der Waals surface area contributed by atoms with Crippen LogP contribution in [0.3, 0.4) is 0 Å². The molecule has 2 atom stereocenters. The minimum absolute atomic E-state index is 0.357. The Morgan fingerprint density at radius 3 is 1.63 bits per heavy atom. The lowest BCUT2D eigenvalue weighted by Crippen LogP contribution is -2.68. The van der Waals surface area contributed by atoms with Crippen LogP contribution in [0.2, 0.25) is 0 Å². The fraction of sp³-hybridized carbons (Fsp3) is 0.867. The van der Waals surface area contributed by atoms with Crippen molar-refractivity contribution in [3.63, 3.8) is 0 Å². The molecule has 0 aromatic rings. The molecule has 0 radical (unpaired) electrons. The van der Waals surface area contributed by atoms with Crippen LogP contribution < -0.4 is 0 Å². The highest BCUT2D eigenvalue weighted by molar-refractivity contribution is 5.82. The Morgan fingerprint density at radius 2 is 1.30 bits per heavy atom. The lowest BCUT2D eigenvalue weighted by molar-refractivity contribution is -0.463. The van der Waals surface area contributed by atoms with E-state index in [0.717, 1.165) is 7.11 Å². The maximum absolute atomic E-state index is 13.1. The summed E-state index contributed by atoms with van der Waals surface area (Å²) in [5.74, 6) is -1.29. The number of ether oxygens (including phenoxy) is 3. The van der Waals surface area contributed by atoms with Crippen molar-refractivity contribution < 1.29 is 63.3 Å². The topological polar surface area (TPSA) is 65.1 Å². The summed E-state index contributed by atoms with van der Waals surface area (Å²) < 4.78 is 130. The third kappa shape index (κ3) is 5.03. The van der Waals surface area contributed by atoms with Crippen molar-refractivity contribution in [1.29, 1.82) is 0 Å². The third-order valence-electron chi connectivity index (χ3n) is 3.91. The zero-order valence-electron chi connectivity index (χ0n) is 16.0. The van der Waals surface area contributed by atoms with E-state index in [1.54, 1.807) is 0 Å². The van der Waals surface area contributed by atoms with Gasteiger partial charge in [-0.05, 0) is 20.8 Å². The van der Waals surface area contributed by atoms with Gasteiger partial charge in [0.05, 0.1) is 19.8 Å². The highest BCUT2D eigenvalue weighted by Crippen LogP contribution is 2.55. The number of carbonyl (C=O) groups excluding carboxylic acids is 2. The van der Waals surface area contributed by atoms with Gasteiger partial charge in [0.1, 0.15) is 11.6 Å². The molecule has 0 saturated carbocycles. The van der Waals surface area contributed by atoms with Crippen LogP contribution in [-0.2, 0) is 19.0 Å². The zero-order valence-corrected chi connectivity index (χ0v) is 16.0. The van der Waals surface area contributed by atoms with Crippen molar-refractivity contribution in [3.05, 3.63) is 0 Å². The van der Waals surface area contributed by atoms with E-state index in [4.69, 9.17) is 4.74 Å². The van der Waals surface area contributed by atoms with E-state index in [-0.39, 0.29) is 0 Å². The molecule has 0 spiro atoms. The molecule has 0 aromatic carbocycles. The smallest absolute Gasteiger partial charge is 0.435 e. The van der Waals surface area contributed by atoms with Crippen molar-refractivity contribution in [3.8, 4) is 0 Å². The Labute approximate surface area is 164 Å². The van der Waals surface area contributed by atoms with Gasteiger partial charge in [0.25, 0.3) is 0 Å². The predicted molar refractivity (Wildman–Crippen MR) is 79.1 cm³/mol. The second kappa shape index (κ2) is 7.96. The molecule has 15 heteroatoms. The molecule has 1 rings (SSSR count). The number of carbonyl (C=O) groups is 2. The lowest BCUT2D eigenvalue weighted by atomic mass is 10.0. The Kier molecular flexibility index (Phi) is 6.93. The van der Waals surface area contributed by atoms with Gasteiger partial charge in [-0.2, -0.15) is 39.5 Å². The largest absolute Gasteiger partial charge is 0.467 e. The predicted octanol–water partition coefficient (Wildman–Crippen LogP) is 3.98. The summed E-state index contributed by atoms with van der Waals surface area (Å²) >= 11 is 0. The fourth-order valence-electron chi connectivity index (χ4n) is 2.70. The van der Waals surface area contributed by atoms with Crippen LogP contribution in [0.1, 0.15) is 27.2 Å². The van der Waals surface area contributed by atoms with Gasteiger partial charge in [0.2, 0.25) is 0 Å². The summed E-state index contributed by atoms with van der Waals surface area (Å²) in [5, 5.41) is 0. The molecule has 0 bridgehead atoms. The normalized spacial score (nSPS) is 21.6. The number of methoxy groups -OCH3 is 1. The first kappa shape index (κ1) is 26.1. The van der Waals surface area contributed by atoms with Crippen molar-refractivity contribution in [2.24, 2.45) is 0 Å². The third-order valence-corrected chi connectivity index (χ3v) is 3.91. The number of rotatable bonds is 3. The van der Waals surface area contributed by atoms with E-state index in [1.807, 2.05) is 0 Å². The summed E-state index contributed by atoms with van der Waals surface area (Å²) in [5.41, 5.74) is -7.72. The number of nitrogens with zero attached hydrogens (tertiary/aromatic N) is 1. The van der Waals surface area contributed by atoms with Crippen LogP contribution in [0.15, 0.2) is 0 Å². The minimum atomic E-state index is -6.94. The van der Waals surface area contributed by atoms with E-state index in [0.29, 0.717) is 4.90 Å². The lowest BCUT2D eigenvalue weighted by Gasteiger charge is -2.39. The van der Waals surface area contributed by atoms with Crippen LogP contribution in [0.25, 0.3) is 0 Å². The van der Waals surface area contributed by atoms with Gasteiger partial charge in [-0.3, -0.25) is 4.90 Å². The molecular weight excluding hydrogens is 445 g/mol. The molecule has 0 N–H and O–H groups in total. The Hall–Kier alpha value is -1.93. The SMILES string of the molecule is COC(=O)C1CC(OC(C(F)(F)F)(C(F)(F)F)C(F)(F)F)CN1C(=O)OC(C)(C)C. The highest BCUT2D eigenvalue weighted by Gasteiger charge is 2.86. The summed E-state index contributed by atoms with van der Waals surface area (Å²) in [7, 11) is 0.801.